The predicted molar refractivity (Wildman–Crippen MR) is 84.1 cm³/mol. The highest BCUT2D eigenvalue weighted by molar-refractivity contribution is 9.10. The second-order valence-electron chi connectivity index (χ2n) is 4.60. The van der Waals surface area contributed by atoms with Gasteiger partial charge in [0, 0.05) is 21.1 Å². The molecule has 5 heteroatoms. The van der Waals surface area contributed by atoms with E-state index in [9.17, 15) is 4.39 Å². The molecular weight excluding hydrogens is 343 g/mol. The zero-order valence-electron chi connectivity index (χ0n) is 10.7. The molecule has 0 spiro atoms. The molecule has 0 aliphatic rings. The van der Waals surface area contributed by atoms with Crippen molar-refractivity contribution in [3.63, 3.8) is 0 Å². The first-order valence-electron chi connectivity index (χ1n) is 6.23. The molecule has 2 aromatic carbocycles. The van der Waals surface area contributed by atoms with Crippen molar-refractivity contribution in [3.05, 3.63) is 68.9 Å². The molecule has 1 unspecified atom stereocenters. The van der Waals surface area contributed by atoms with Crippen molar-refractivity contribution < 1.29 is 4.39 Å². The maximum atomic E-state index is 13.8. The van der Waals surface area contributed by atoms with E-state index in [1.807, 2.05) is 24.3 Å². The van der Waals surface area contributed by atoms with E-state index in [0.717, 1.165) is 10.0 Å². The lowest BCUT2D eigenvalue weighted by Gasteiger charge is -2.17. The Morgan fingerprint density at radius 1 is 1.15 bits per heavy atom. The molecule has 0 amide bonds. The third-order valence-corrected chi connectivity index (χ3v) is 4.03. The van der Waals surface area contributed by atoms with Crippen LogP contribution in [-0.4, -0.2) is 6.04 Å². The largest absolute Gasteiger partial charge is 0.271 e. The smallest absolute Gasteiger partial charge is 0.127 e. The maximum absolute atomic E-state index is 13.8. The van der Waals surface area contributed by atoms with Gasteiger partial charge in [-0.2, -0.15) is 0 Å². The Hall–Kier alpha value is -0.940. The summed E-state index contributed by atoms with van der Waals surface area (Å²) >= 11 is 9.43. The van der Waals surface area contributed by atoms with Gasteiger partial charge in [0.2, 0.25) is 0 Å². The fraction of sp³-hybridized carbons (Fsp3) is 0.200. The third kappa shape index (κ3) is 4.03. The average Bonchev–Trinajstić information content (AvgIpc) is 2.44. The number of halogens is 3. The molecule has 0 aliphatic carbocycles. The number of hydrogen-bond acceptors (Lipinski definition) is 2. The zero-order chi connectivity index (χ0) is 14.5. The lowest BCUT2D eigenvalue weighted by atomic mass is 9.99. The van der Waals surface area contributed by atoms with Gasteiger partial charge >= 0.3 is 0 Å². The van der Waals surface area contributed by atoms with Crippen LogP contribution in [0.3, 0.4) is 0 Å². The van der Waals surface area contributed by atoms with E-state index >= 15 is 0 Å². The summed E-state index contributed by atoms with van der Waals surface area (Å²) in [5.74, 6) is 5.28. The molecule has 0 aliphatic heterocycles. The van der Waals surface area contributed by atoms with Gasteiger partial charge in [0.05, 0.1) is 0 Å². The van der Waals surface area contributed by atoms with Crippen LogP contribution in [0.2, 0.25) is 5.02 Å². The summed E-state index contributed by atoms with van der Waals surface area (Å²) in [6, 6.07) is 12.6. The highest BCUT2D eigenvalue weighted by Crippen LogP contribution is 2.21. The normalized spacial score (nSPS) is 12.4. The summed E-state index contributed by atoms with van der Waals surface area (Å²) in [7, 11) is 0. The molecule has 0 saturated heterocycles. The lowest BCUT2D eigenvalue weighted by Crippen LogP contribution is -2.38. The van der Waals surface area contributed by atoms with Crippen molar-refractivity contribution in [2.75, 3.05) is 0 Å². The van der Waals surface area contributed by atoms with Crippen LogP contribution in [0.15, 0.2) is 46.9 Å². The molecule has 1 atom stereocenters. The van der Waals surface area contributed by atoms with Gasteiger partial charge in [0.25, 0.3) is 0 Å². The van der Waals surface area contributed by atoms with Crippen LogP contribution in [0.25, 0.3) is 0 Å². The SMILES string of the molecule is NNC(Cc1ccc(Br)cc1)Cc1c(F)cccc1Cl. The molecule has 2 nitrogen and oxygen atoms in total. The Bertz CT molecular complexity index is 554. The van der Waals surface area contributed by atoms with Crippen LogP contribution in [0.1, 0.15) is 11.1 Å². The van der Waals surface area contributed by atoms with E-state index in [1.54, 1.807) is 12.1 Å². The summed E-state index contributed by atoms with van der Waals surface area (Å²) in [5.41, 5.74) is 4.35. The van der Waals surface area contributed by atoms with Crippen LogP contribution in [0, 0.1) is 5.82 Å². The number of rotatable bonds is 5. The van der Waals surface area contributed by atoms with E-state index in [4.69, 9.17) is 17.4 Å². The number of hydrazine groups is 1. The maximum Gasteiger partial charge on any atom is 0.127 e. The first kappa shape index (κ1) is 15.4. The van der Waals surface area contributed by atoms with Gasteiger partial charge in [-0.25, -0.2) is 4.39 Å². The topological polar surface area (TPSA) is 38.0 Å². The summed E-state index contributed by atoms with van der Waals surface area (Å²) in [6.45, 7) is 0. The summed E-state index contributed by atoms with van der Waals surface area (Å²) < 4.78 is 14.8. The number of hydrogen-bond donors (Lipinski definition) is 2. The van der Waals surface area contributed by atoms with Crippen molar-refractivity contribution in [3.8, 4) is 0 Å². The van der Waals surface area contributed by atoms with Crippen molar-refractivity contribution in [1.29, 1.82) is 0 Å². The Balaban J connectivity index is 2.11. The van der Waals surface area contributed by atoms with Crippen LogP contribution >= 0.6 is 27.5 Å². The van der Waals surface area contributed by atoms with Crippen LogP contribution in [0.4, 0.5) is 4.39 Å². The molecule has 106 valence electrons. The lowest BCUT2D eigenvalue weighted by molar-refractivity contribution is 0.506. The fourth-order valence-electron chi connectivity index (χ4n) is 2.07. The molecule has 0 fully saturated rings. The van der Waals surface area contributed by atoms with Gasteiger partial charge in [0.1, 0.15) is 5.82 Å². The molecule has 0 heterocycles. The number of benzene rings is 2. The van der Waals surface area contributed by atoms with Gasteiger partial charge in [0.15, 0.2) is 0 Å². The Morgan fingerprint density at radius 3 is 2.45 bits per heavy atom. The standard InChI is InChI=1S/C15H15BrClFN2/c16-11-6-4-10(5-7-11)8-12(20-19)9-13-14(17)2-1-3-15(13)18/h1-7,12,20H,8-9,19H2. The van der Waals surface area contributed by atoms with Gasteiger partial charge in [-0.15, -0.1) is 0 Å². The Labute approximate surface area is 131 Å². The average molecular weight is 358 g/mol. The Kier molecular flexibility index (Phi) is 5.54. The van der Waals surface area contributed by atoms with E-state index in [-0.39, 0.29) is 11.9 Å². The van der Waals surface area contributed by atoms with E-state index in [0.29, 0.717) is 23.4 Å². The first-order valence-corrected chi connectivity index (χ1v) is 7.40. The van der Waals surface area contributed by atoms with E-state index < -0.39 is 0 Å². The van der Waals surface area contributed by atoms with Crippen molar-refractivity contribution >= 4 is 27.5 Å². The number of nitrogens with one attached hydrogen (secondary N) is 1. The predicted octanol–water partition coefficient (Wildman–Crippen LogP) is 3.86. The molecule has 0 saturated carbocycles. The van der Waals surface area contributed by atoms with Crippen LogP contribution < -0.4 is 11.3 Å². The van der Waals surface area contributed by atoms with Gasteiger partial charge in [-0.1, -0.05) is 45.7 Å². The van der Waals surface area contributed by atoms with Crippen LogP contribution in [-0.2, 0) is 12.8 Å². The van der Waals surface area contributed by atoms with Crippen LogP contribution in [0.5, 0.6) is 0 Å². The van der Waals surface area contributed by atoms with Gasteiger partial charge < -0.3 is 0 Å². The molecule has 0 aromatic heterocycles. The highest BCUT2D eigenvalue weighted by Gasteiger charge is 2.14. The molecule has 3 N–H and O–H groups in total. The molecular formula is C15H15BrClFN2. The second-order valence-corrected chi connectivity index (χ2v) is 5.92. The molecule has 2 rings (SSSR count). The van der Waals surface area contributed by atoms with E-state index in [1.165, 1.54) is 6.07 Å². The third-order valence-electron chi connectivity index (χ3n) is 3.14. The molecule has 0 radical (unpaired) electrons. The van der Waals surface area contributed by atoms with Crippen molar-refractivity contribution in [1.82, 2.24) is 5.43 Å². The minimum Gasteiger partial charge on any atom is -0.271 e. The fourth-order valence-corrected chi connectivity index (χ4v) is 2.57. The summed E-state index contributed by atoms with van der Waals surface area (Å²) in [4.78, 5) is 0. The first-order chi connectivity index (χ1) is 9.60. The zero-order valence-corrected chi connectivity index (χ0v) is 13.1. The molecule has 2 aromatic rings. The molecule has 20 heavy (non-hydrogen) atoms. The van der Waals surface area contributed by atoms with Crippen molar-refractivity contribution in [2.24, 2.45) is 5.84 Å². The minimum absolute atomic E-state index is 0.0782. The minimum atomic E-state index is -0.298. The Morgan fingerprint density at radius 2 is 1.85 bits per heavy atom. The van der Waals surface area contributed by atoms with Gasteiger partial charge in [-0.05, 0) is 42.7 Å². The number of nitrogens with two attached hydrogens (primary N) is 1. The monoisotopic (exact) mass is 356 g/mol. The van der Waals surface area contributed by atoms with E-state index in [2.05, 4.69) is 21.4 Å². The van der Waals surface area contributed by atoms with Gasteiger partial charge in [-0.3, -0.25) is 11.3 Å². The van der Waals surface area contributed by atoms with Crippen molar-refractivity contribution in [2.45, 2.75) is 18.9 Å². The summed E-state index contributed by atoms with van der Waals surface area (Å²) in [6.07, 6.45) is 1.15. The molecule has 0 bridgehead atoms. The second kappa shape index (κ2) is 7.18. The quantitative estimate of drug-likeness (QED) is 0.630. The highest BCUT2D eigenvalue weighted by atomic mass is 79.9. The summed E-state index contributed by atoms with van der Waals surface area (Å²) in [5, 5.41) is 0.432.